The molecule has 0 spiro atoms. The summed E-state index contributed by atoms with van der Waals surface area (Å²) in [6, 6.07) is 21.2. The van der Waals surface area contributed by atoms with Gasteiger partial charge in [0, 0.05) is 27.4 Å². The Bertz CT molecular complexity index is 1230. The molecule has 1 N–H and O–H groups in total. The first-order valence-corrected chi connectivity index (χ1v) is 9.97. The smallest absolute Gasteiger partial charge is 0.196 e. The Labute approximate surface area is 175 Å². The standard InChI is InChI=1S/C25H22ClNO2/c1-15-13-21(17(3)27-20-11-9-19(26)10-12-20)25-22(14-15)23(28)16(2)24(29-25)18-7-5-4-6-8-18/h4-14,17,27H,1-3H3/t17-/m1/s1. The molecule has 1 aromatic heterocycles. The SMILES string of the molecule is Cc1cc([C@@H](C)Nc2ccc(Cl)cc2)c2oc(-c3ccccc3)c(C)c(=O)c2c1. The van der Waals surface area contributed by atoms with E-state index >= 15 is 0 Å². The van der Waals surface area contributed by atoms with E-state index in [1.807, 2.05) is 74.5 Å². The highest BCUT2D eigenvalue weighted by Gasteiger charge is 2.18. The number of nitrogens with one attached hydrogen (secondary N) is 1. The molecule has 4 rings (SSSR count). The zero-order valence-corrected chi connectivity index (χ0v) is 17.4. The third-order valence-electron chi connectivity index (χ3n) is 5.12. The van der Waals surface area contributed by atoms with Gasteiger partial charge in [0.2, 0.25) is 0 Å². The van der Waals surface area contributed by atoms with Crippen molar-refractivity contribution >= 4 is 28.3 Å². The molecule has 0 radical (unpaired) electrons. The molecule has 0 unspecified atom stereocenters. The second kappa shape index (κ2) is 7.76. The molecule has 0 aliphatic rings. The van der Waals surface area contributed by atoms with E-state index in [1.54, 1.807) is 0 Å². The third-order valence-corrected chi connectivity index (χ3v) is 5.37. The zero-order chi connectivity index (χ0) is 20.5. The van der Waals surface area contributed by atoms with Gasteiger partial charge in [0.05, 0.1) is 11.4 Å². The highest BCUT2D eigenvalue weighted by atomic mass is 35.5. The fraction of sp³-hybridized carbons (Fsp3) is 0.160. The molecule has 0 saturated heterocycles. The topological polar surface area (TPSA) is 42.2 Å². The van der Waals surface area contributed by atoms with Crippen LogP contribution in [0.15, 0.2) is 75.9 Å². The zero-order valence-electron chi connectivity index (χ0n) is 16.6. The maximum Gasteiger partial charge on any atom is 0.196 e. The van der Waals surface area contributed by atoms with Crippen LogP contribution in [0.2, 0.25) is 5.02 Å². The highest BCUT2D eigenvalue weighted by molar-refractivity contribution is 6.30. The van der Waals surface area contributed by atoms with Crippen LogP contribution in [0.3, 0.4) is 0 Å². The maximum absolute atomic E-state index is 13.2. The summed E-state index contributed by atoms with van der Waals surface area (Å²) in [6.45, 7) is 5.88. The van der Waals surface area contributed by atoms with Gasteiger partial charge in [-0.3, -0.25) is 4.79 Å². The molecule has 0 saturated carbocycles. The summed E-state index contributed by atoms with van der Waals surface area (Å²) >= 11 is 5.99. The van der Waals surface area contributed by atoms with Crippen molar-refractivity contribution in [3.8, 4) is 11.3 Å². The number of hydrogen-bond donors (Lipinski definition) is 1. The van der Waals surface area contributed by atoms with E-state index in [9.17, 15) is 4.79 Å². The molecule has 3 aromatic carbocycles. The Morgan fingerprint density at radius 3 is 2.34 bits per heavy atom. The summed E-state index contributed by atoms with van der Waals surface area (Å²) < 4.78 is 6.36. The van der Waals surface area contributed by atoms with Crippen LogP contribution in [0.4, 0.5) is 5.69 Å². The van der Waals surface area contributed by atoms with Crippen molar-refractivity contribution in [3.05, 3.63) is 98.7 Å². The fourth-order valence-electron chi connectivity index (χ4n) is 3.63. The second-order valence-corrected chi connectivity index (χ2v) is 7.79. The molecule has 4 heteroatoms. The van der Waals surface area contributed by atoms with Gasteiger partial charge in [0.1, 0.15) is 11.3 Å². The minimum absolute atomic E-state index is 0.00810. The number of hydrogen-bond acceptors (Lipinski definition) is 3. The average molecular weight is 404 g/mol. The van der Waals surface area contributed by atoms with Crippen LogP contribution in [-0.4, -0.2) is 0 Å². The van der Waals surface area contributed by atoms with Crippen molar-refractivity contribution < 1.29 is 4.42 Å². The van der Waals surface area contributed by atoms with Gasteiger partial charge >= 0.3 is 0 Å². The van der Waals surface area contributed by atoms with Crippen LogP contribution in [-0.2, 0) is 0 Å². The van der Waals surface area contributed by atoms with Crippen molar-refractivity contribution in [2.45, 2.75) is 26.8 Å². The van der Waals surface area contributed by atoms with Crippen LogP contribution in [0.5, 0.6) is 0 Å². The molecule has 0 amide bonds. The van der Waals surface area contributed by atoms with Gasteiger partial charge in [0.25, 0.3) is 0 Å². The molecule has 4 aromatic rings. The lowest BCUT2D eigenvalue weighted by molar-refractivity contribution is 0.605. The Hall–Kier alpha value is -3.04. The molecular formula is C25H22ClNO2. The van der Waals surface area contributed by atoms with Gasteiger partial charge < -0.3 is 9.73 Å². The first kappa shape index (κ1) is 19.3. The van der Waals surface area contributed by atoms with Gasteiger partial charge in [0.15, 0.2) is 5.43 Å². The van der Waals surface area contributed by atoms with Crippen LogP contribution in [0.1, 0.15) is 29.7 Å². The quantitative estimate of drug-likeness (QED) is 0.402. The monoisotopic (exact) mass is 403 g/mol. The van der Waals surface area contributed by atoms with Crippen molar-refractivity contribution in [2.24, 2.45) is 0 Å². The van der Waals surface area contributed by atoms with Gasteiger partial charge in [-0.1, -0.05) is 48.0 Å². The summed E-state index contributed by atoms with van der Waals surface area (Å²) in [5.41, 5.74) is 5.08. The predicted octanol–water partition coefficient (Wildman–Crippen LogP) is 6.90. The van der Waals surface area contributed by atoms with Crippen molar-refractivity contribution in [1.29, 1.82) is 0 Å². The number of aryl methyl sites for hydroxylation is 1. The van der Waals surface area contributed by atoms with E-state index < -0.39 is 0 Å². The summed E-state index contributed by atoms with van der Waals surface area (Å²) in [5, 5.41) is 4.78. The predicted molar refractivity (Wildman–Crippen MR) is 121 cm³/mol. The molecule has 146 valence electrons. The lowest BCUT2D eigenvalue weighted by Crippen LogP contribution is -2.12. The van der Waals surface area contributed by atoms with Crippen molar-refractivity contribution in [3.63, 3.8) is 0 Å². The molecule has 0 bridgehead atoms. The Morgan fingerprint density at radius 1 is 0.966 bits per heavy atom. The summed E-state index contributed by atoms with van der Waals surface area (Å²) in [7, 11) is 0. The minimum atomic E-state index is -0.0620. The summed E-state index contributed by atoms with van der Waals surface area (Å²) in [6.07, 6.45) is 0. The largest absolute Gasteiger partial charge is 0.455 e. The molecule has 0 fully saturated rings. The van der Waals surface area contributed by atoms with Gasteiger partial charge in [-0.05, 0) is 56.7 Å². The van der Waals surface area contributed by atoms with Crippen molar-refractivity contribution in [1.82, 2.24) is 0 Å². The van der Waals surface area contributed by atoms with Crippen LogP contribution in [0, 0.1) is 13.8 Å². The van der Waals surface area contributed by atoms with E-state index in [1.165, 1.54) is 0 Å². The molecule has 0 aliphatic carbocycles. The maximum atomic E-state index is 13.2. The van der Waals surface area contributed by atoms with E-state index in [4.69, 9.17) is 16.0 Å². The fourth-order valence-corrected chi connectivity index (χ4v) is 3.75. The van der Waals surface area contributed by atoms with Crippen LogP contribution in [0.25, 0.3) is 22.3 Å². The highest BCUT2D eigenvalue weighted by Crippen LogP contribution is 2.32. The molecule has 1 heterocycles. The number of halogens is 1. The molecular weight excluding hydrogens is 382 g/mol. The second-order valence-electron chi connectivity index (χ2n) is 7.36. The van der Waals surface area contributed by atoms with E-state index in [2.05, 4.69) is 18.3 Å². The first-order chi connectivity index (χ1) is 13.9. The Balaban J connectivity index is 1.88. The van der Waals surface area contributed by atoms with Gasteiger partial charge in [-0.25, -0.2) is 0 Å². The summed E-state index contributed by atoms with van der Waals surface area (Å²) in [4.78, 5) is 13.2. The number of rotatable bonds is 4. The van der Waals surface area contributed by atoms with Crippen LogP contribution >= 0.6 is 11.6 Å². The number of fused-ring (bicyclic) bond motifs is 1. The lowest BCUT2D eigenvalue weighted by atomic mass is 9.99. The summed E-state index contributed by atoms with van der Waals surface area (Å²) in [5.74, 6) is 0.617. The Morgan fingerprint density at radius 2 is 1.66 bits per heavy atom. The van der Waals surface area contributed by atoms with E-state index in [0.717, 1.165) is 22.4 Å². The Kier molecular flexibility index (Phi) is 5.16. The minimum Gasteiger partial charge on any atom is -0.455 e. The molecule has 29 heavy (non-hydrogen) atoms. The molecule has 0 aliphatic heterocycles. The van der Waals surface area contributed by atoms with Crippen LogP contribution < -0.4 is 10.7 Å². The normalized spacial score (nSPS) is 12.1. The third kappa shape index (κ3) is 3.79. The number of benzene rings is 3. The van der Waals surface area contributed by atoms with Gasteiger partial charge in [-0.15, -0.1) is 0 Å². The van der Waals surface area contributed by atoms with E-state index in [-0.39, 0.29) is 11.5 Å². The number of anilines is 1. The lowest BCUT2D eigenvalue weighted by Gasteiger charge is -2.19. The van der Waals surface area contributed by atoms with E-state index in [0.29, 0.717) is 27.3 Å². The molecule has 3 nitrogen and oxygen atoms in total. The first-order valence-electron chi connectivity index (χ1n) is 9.59. The molecule has 1 atom stereocenters. The van der Waals surface area contributed by atoms with Gasteiger partial charge in [-0.2, -0.15) is 0 Å². The average Bonchev–Trinajstić information content (AvgIpc) is 2.72. The van der Waals surface area contributed by atoms with Crippen molar-refractivity contribution in [2.75, 3.05) is 5.32 Å².